The quantitative estimate of drug-likeness (QED) is 0.852. The van der Waals surface area contributed by atoms with Gasteiger partial charge in [-0.05, 0) is 64.3 Å². The highest BCUT2D eigenvalue weighted by Crippen LogP contribution is 2.17. The van der Waals surface area contributed by atoms with Crippen molar-refractivity contribution in [3.8, 4) is 0 Å². The van der Waals surface area contributed by atoms with Crippen LogP contribution in [-0.2, 0) is 12.8 Å². The third-order valence-corrected chi connectivity index (χ3v) is 3.60. The zero-order chi connectivity index (χ0) is 15.3. The average molecular weight is 285 g/mol. The van der Waals surface area contributed by atoms with Crippen LogP contribution in [0.1, 0.15) is 37.7 Å². The van der Waals surface area contributed by atoms with E-state index in [-0.39, 0.29) is 5.54 Å². The van der Waals surface area contributed by atoms with E-state index >= 15 is 0 Å². The van der Waals surface area contributed by atoms with E-state index in [9.17, 15) is 0 Å². The molecule has 0 aliphatic carbocycles. The Morgan fingerprint density at radius 3 is 2.52 bits per heavy atom. The molecule has 1 N–H and O–H groups in total. The van der Waals surface area contributed by atoms with E-state index in [1.54, 1.807) is 6.26 Å². The van der Waals surface area contributed by atoms with Gasteiger partial charge in [-0.2, -0.15) is 0 Å². The first-order chi connectivity index (χ1) is 9.92. The molecule has 1 atom stereocenters. The standard InChI is InChI=1S/C19H27NO/c1-15-7-5-8-16(11-15)12-17(14-20-19(2,3)4)13-18-9-6-10-21-18/h5-11,17,20H,12-14H2,1-4H3. The molecule has 0 fully saturated rings. The Morgan fingerprint density at radius 2 is 1.90 bits per heavy atom. The Balaban J connectivity index is 2.03. The molecule has 2 rings (SSSR count). The second kappa shape index (κ2) is 6.95. The Kier molecular flexibility index (Phi) is 5.24. The van der Waals surface area contributed by atoms with Crippen LogP contribution >= 0.6 is 0 Å². The molecule has 2 nitrogen and oxygen atoms in total. The van der Waals surface area contributed by atoms with Crippen LogP contribution < -0.4 is 5.32 Å². The fourth-order valence-electron chi connectivity index (χ4n) is 2.55. The summed E-state index contributed by atoms with van der Waals surface area (Å²) < 4.78 is 5.53. The van der Waals surface area contributed by atoms with Gasteiger partial charge in [0.15, 0.2) is 0 Å². The van der Waals surface area contributed by atoms with Gasteiger partial charge in [0.2, 0.25) is 0 Å². The summed E-state index contributed by atoms with van der Waals surface area (Å²) in [5.74, 6) is 1.61. The summed E-state index contributed by atoms with van der Waals surface area (Å²) in [5, 5.41) is 3.63. The van der Waals surface area contributed by atoms with E-state index in [0.717, 1.165) is 25.1 Å². The molecule has 1 unspecified atom stereocenters. The van der Waals surface area contributed by atoms with Crippen LogP contribution in [0.2, 0.25) is 0 Å². The lowest BCUT2D eigenvalue weighted by atomic mass is 9.93. The Labute approximate surface area is 128 Å². The Hall–Kier alpha value is -1.54. The second-order valence-electron chi connectivity index (χ2n) is 6.97. The molecule has 21 heavy (non-hydrogen) atoms. The van der Waals surface area contributed by atoms with Gasteiger partial charge in [0.05, 0.1) is 6.26 Å². The van der Waals surface area contributed by atoms with Gasteiger partial charge in [0.1, 0.15) is 5.76 Å². The molecule has 1 aromatic heterocycles. The number of rotatable bonds is 6. The van der Waals surface area contributed by atoms with Gasteiger partial charge in [-0.25, -0.2) is 0 Å². The van der Waals surface area contributed by atoms with E-state index in [1.165, 1.54) is 11.1 Å². The minimum atomic E-state index is 0.147. The van der Waals surface area contributed by atoms with Gasteiger partial charge in [-0.3, -0.25) is 0 Å². The molecular formula is C19H27NO. The second-order valence-corrected chi connectivity index (χ2v) is 6.97. The number of nitrogens with one attached hydrogen (secondary N) is 1. The fourth-order valence-corrected chi connectivity index (χ4v) is 2.55. The predicted molar refractivity (Wildman–Crippen MR) is 88.5 cm³/mol. The number of hydrogen-bond donors (Lipinski definition) is 1. The Bertz CT molecular complexity index is 537. The minimum absolute atomic E-state index is 0.147. The maximum absolute atomic E-state index is 5.53. The average Bonchev–Trinajstić information content (AvgIpc) is 2.88. The highest BCUT2D eigenvalue weighted by Gasteiger charge is 2.16. The first kappa shape index (κ1) is 15.8. The fraction of sp³-hybridized carbons (Fsp3) is 0.474. The maximum atomic E-state index is 5.53. The van der Waals surface area contributed by atoms with Crippen molar-refractivity contribution in [2.75, 3.05) is 6.54 Å². The van der Waals surface area contributed by atoms with Crippen LogP contribution in [0.5, 0.6) is 0 Å². The van der Waals surface area contributed by atoms with Gasteiger partial charge in [0.25, 0.3) is 0 Å². The lowest BCUT2D eigenvalue weighted by Crippen LogP contribution is -2.40. The minimum Gasteiger partial charge on any atom is -0.469 e. The van der Waals surface area contributed by atoms with Gasteiger partial charge in [-0.1, -0.05) is 29.8 Å². The highest BCUT2D eigenvalue weighted by atomic mass is 16.3. The number of hydrogen-bond acceptors (Lipinski definition) is 2. The van der Waals surface area contributed by atoms with Crippen LogP contribution in [0.3, 0.4) is 0 Å². The summed E-state index contributed by atoms with van der Waals surface area (Å²) in [6.07, 6.45) is 3.81. The highest BCUT2D eigenvalue weighted by molar-refractivity contribution is 5.23. The first-order valence-corrected chi connectivity index (χ1v) is 7.75. The number of benzene rings is 1. The maximum Gasteiger partial charge on any atom is 0.104 e. The van der Waals surface area contributed by atoms with Crippen LogP contribution in [-0.4, -0.2) is 12.1 Å². The Morgan fingerprint density at radius 1 is 1.10 bits per heavy atom. The van der Waals surface area contributed by atoms with Gasteiger partial charge < -0.3 is 9.73 Å². The van der Waals surface area contributed by atoms with Crippen molar-refractivity contribution < 1.29 is 4.42 Å². The van der Waals surface area contributed by atoms with Crippen LogP contribution in [0.15, 0.2) is 47.1 Å². The zero-order valence-corrected chi connectivity index (χ0v) is 13.6. The summed E-state index contributed by atoms with van der Waals surface area (Å²) in [6, 6.07) is 12.8. The normalized spacial score (nSPS) is 13.3. The van der Waals surface area contributed by atoms with Crippen LogP contribution in [0, 0.1) is 12.8 Å². The van der Waals surface area contributed by atoms with Crippen molar-refractivity contribution in [1.82, 2.24) is 5.32 Å². The molecule has 0 saturated carbocycles. The first-order valence-electron chi connectivity index (χ1n) is 7.75. The van der Waals surface area contributed by atoms with Crippen molar-refractivity contribution in [3.05, 3.63) is 59.5 Å². The monoisotopic (exact) mass is 285 g/mol. The summed E-state index contributed by atoms with van der Waals surface area (Å²) in [5.41, 5.74) is 2.88. The van der Waals surface area contributed by atoms with E-state index in [1.807, 2.05) is 6.07 Å². The van der Waals surface area contributed by atoms with Crippen molar-refractivity contribution in [3.63, 3.8) is 0 Å². The third-order valence-electron chi connectivity index (χ3n) is 3.60. The summed E-state index contributed by atoms with van der Waals surface area (Å²) >= 11 is 0. The molecule has 1 heterocycles. The smallest absolute Gasteiger partial charge is 0.104 e. The molecule has 114 valence electrons. The third kappa shape index (κ3) is 5.76. The van der Waals surface area contributed by atoms with Crippen molar-refractivity contribution in [2.24, 2.45) is 5.92 Å². The molecular weight excluding hydrogens is 258 g/mol. The predicted octanol–water partition coefficient (Wildman–Crippen LogP) is 4.38. The van der Waals surface area contributed by atoms with E-state index < -0.39 is 0 Å². The van der Waals surface area contributed by atoms with Gasteiger partial charge in [0, 0.05) is 12.0 Å². The number of furan rings is 1. The van der Waals surface area contributed by atoms with Gasteiger partial charge in [-0.15, -0.1) is 0 Å². The van der Waals surface area contributed by atoms with Gasteiger partial charge >= 0.3 is 0 Å². The summed E-state index contributed by atoms with van der Waals surface area (Å²) in [7, 11) is 0. The van der Waals surface area contributed by atoms with Crippen molar-refractivity contribution in [2.45, 2.75) is 46.1 Å². The topological polar surface area (TPSA) is 25.2 Å². The molecule has 2 aromatic rings. The summed E-state index contributed by atoms with van der Waals surface area (Å²) in [4.78, 5) is 0. The van der Waals surface area contributed by atoms with Crippen LogP contribution in [0.25, 0.3) is 0 Å². The van der Waals surface area contributed by atoms with Crippen molar-refractivity contribution >= 4 is 0 Å². The lowest BCUT2D eigenvalue weighted by Gasteiger charge is -2.25. The van der Waals surface area contributed by atoms with E-state index in [0.29, 0.717) is 5.92 Å². The molecule has 0 spiro atoms. The molecule has 0 aliphatic heterocycles. The zero-order valence-electron chi connectivity index (χ0n) is 13.6. The molecule has 2 heteroatoms. The SMILES string of the molecule is Cc1cccc(CC(CNC(C)(C)C)Cc2ccco2)c1. The number of aryl methyl sites for hydroxylation is 1. The molecule has 0 radical (unpaired) electrons. The molecule has 1 aromatic carbocycles. The molecule has 0 aliphatic rings. The molecule has 0 bridgehead atoms. The van der Waals surface area contributed by atoms with Crippen molar-refractivity contribution in [1.29, 1.82) is 0 Å². The molecule has 0 amide bonds. The largest absolute Gasteiger partial charge is 0.469 e. The lowest BCUT2D eigenvalue weighted by molar-refractivity contribution is 0.352. The van der Waals surface area contributed by atoms with E-state index in [2.05, 4.69) is 63.3 Å². The summed E-state index contributed by atoms with van der Waals surface area (Å²) in [6.45, 7) is 9.79. The molecule has 0 saturated heterocycles. The van der Waals surface area contributed by atoms with Crippen LogP contribution in [0.4, 0.5) is 0 Å². The van der Waals surface area contributed by atoms with E-state index in [4.69, 9.17) is 4.42 Å².